The highest BCUT2D eigenvalue weighted by Gasteiger charge is 2.20. The minimum absolute atomic E-state index is 0.156. The van der Waals surface area contributed by atoms with Crippen LogP contribution in [-0.4, -0.2) is 16.1 Å². The Balaban J connectivity index is 2.27. The highest BCUT2D eigenvalue weighted by atomic mass is 32.1. The molecule has 0 aromatic carbocycles. The summed E-state index contributed by atoms with van der Waals surface area (Å²) in [5.41, 5.74) is 2.21. The molecule has 1 N–H and O–H groups in total. The molecule has 92 valence electrons. The van der Waals surface area contributed by atoms with E-state index in [1.807, 2.05) is 6.07 Å². The van der Waals surface area contributed by atoms with Crippen LogP contribution >= 0.6 is 11.5 Å². The summed E-state index contributed by atoms with van der Waals surface area (Å²) < 4.78 is 9.22. The van der Waals surface area contributed by atoms with Crippen molar-refractivity contribution in [1.82, 2.24) is 14.9 Å². The van der Waals surface area contributed by atoms with Crippen LogP contribution in [-0.2, 0) is 6.42 Å². The molecule has 0 radical (unpaired) electrons. The molecule has 0 aliphatic heterocycles. The Labute approximate surface area is 105 Å². The van der Waals surface area contributed by atoms with Crippen LogP contribution in [0.25, 0.3) is 0 Å². The minimum atomic E-state index is 0.156. The second-order valence-corrected chi connectivity index (χ2v) is 4.67. The highest BCUT2D eigenvalue weighted by molar-refractivity contribution is 7.05. The van der Waals surface area contributed by atoms with Gasteiger partial charge >= 0.3 is 0 Å². The first kappa shape index (κ1) is 12.3. The highest BCUT2D eigenvalue weighted by Crippen LogP contribution is 2.27. The van der Waals surface area contributed by atoms with E-state index in [0.29, 0.717) is 0 Å². The number of aryl methyl sites for hydroxylation is 1. The van der Waals surface area contributed by atoms with Crippen molar-refractivity contribution in [3.05, 3.63) is 34.7 Å². The van der Waals surface area contributed by atoms with Crippen molar-refractivity contribution < 1.29 is 4.42 Å². The SMILES string of the molecule is CCCNC(c1ccoc1)c1snnc1CC. The maximum absolute atomic E-state index is 5.17. The first-order valence-corrected chi connectivity index (χ1v) is 6.70. The molecule has 0 spiro atoms. The van der Waals surface area contributed by atoms with Gasteiger partial charge in [0, 0.05) is 5.56 Å². The van der Waals surface area contributed by atoms with Gasteiger partial charge in [0.05, 0.1) is 29.1 Å². The molecule has 17 heavy (non-hydrogen) atoms. The second-order valence-electron chi connectivity index (χ2n) is 3.88. The largest absolute Gasteiger partial charge is 0.472 e. The van der Waals surface area contributed by atoms with E-state index in [0.717, 1.165) is 30.6 Å². The third kappa shape index (κ3) is 2.73. The van der Waals surface area contributed by atoms with Crippen molar-refractivity contribution >= 4 is 11.5 Å². The Morgan fingerprint density at radius 1 is 1.47 bits per heavy atom. The molecule has 0 aliphatic carbocycles. The van der Waals surface area contributed by atoms with Crippen LogP contribution in [0.2, 0.25) is 0 Å². The topological polar surface area (TPSA) is 51.0 Å². The van der Waals surface area contributed by atoms with Gasteiger partial charge in [-0.25, -0.2) is 0 Å². The standard InChI is InChI=1S/C12H17N3OS/c1-3-6-13-11(9-5-7-16-8-9)12-10(4-2)14-15-17-12/h5,7-8,11,13H,3-4,6H2,1-2H3. The first-order chi connectivity index (χ1) is 8.36. The van der Waals surface area contributed by atoms with E-state index in [9.17, 15) is 0 Å². The Hall–Kier alpha value is -1.20. The monoisotopic (exact) mass is 251 g/mol. The maximum atomic E-state index is 5.17. The zero-order valence-electron chi connectivity index (χ0n) is 10.1. The Kier molecular flexibility index (Phi) is 4.28. The number of aromatic nitrogens is 2. The molecule has 5 heteroatoms. The fourth-order valence-corrected chi connectivity index (χ4v) is 2.61. The maximum Gasteiger partial charge on any atom is 0.0954 e. The predicted octanol–water partition coefficient (Wildman–Crippen LogP) is 2.78. The lowest BCUT2D eigenvalue weighted by molar-refractivity contribution is 0.549. The lowest BCUT2D eigenvalue weighted by atomic mass is 10.1. The van der Waals surface area contributed by atoms with Crippen molar-refractivity contribution in [3.63, 3.8) is 0 Å². The summed E-state index contributed by atoms with van der Waals surface area (Å²) in [7, 11) is 0. The van der Waals surface area contributed by atoms with E-state index in [1.54, 1.807) is 12.5 Å². The lowest BCUT2D eigenvalue weighted by Gasteiger charge is -2.15. The molecule has 2 aromatic rings. The number of hydrogen-bond acceptors (Lipinski definition) is 5. The summed E-state index contributed by atoms with van der Waals surface area (Å²) in [6, 6.07) is 2.15. The zero-order valence-corrected chi connectivity index (χ0v) is 11.0. The van der Waals surface area contributed by atoms with Crippen LogP contribution in [0.15, 0.2) is 23.0 Å². The van der Waals surface area contributed by atoms with E-state index >= 15 is 0 Å². The minimum Gasteiger partial charge on any atom is -0.472 e. The Morgan fingerprint density at radius 3 is 3.00 bits per heavy atom. The van der Waals surface area contributed by atoms with Gasteiger partial charge < -0.3 is 9.73 Å². The third-order valence-corrected chi connectivity index (χ3v) is 3.49. The van der Waals surface area contributed by atoms with Gasteiger partial charge in [0.15, 0.2) is 0 Å². The summed E-state index contributed by atoms with van der Waals surface area (Å²) >= 11 is 1.47. The number of rotatable bonds is 6. The molecular weight excluding hydrogens is 234 g/mol. The quantitative estimate of drug-likeness (QED) is 0.857. The average Bonchev–Trinajstić information content (AvgIpc) is 3.00. The molecular formula is C12H17N3OS. The molecule has 2 rings (SSSR count). The smallest absolute Gasteiger partial charge is 0.0954 e. The summed E-state index contributed by atoms with van der Waals surface area (Å²) in [5, 5.41) is 7.69. The normalized spacial score (nSPS) is 12.8. The van der Waals surface area contributed by atoms with E-state index in [1.165, 1.54) is 16.4 Å². The van der Waals surface area contributed by atoms with E-state index in [-0.39, 0.29) is 6.04 Å². The van der Waals surface area contributed by atoms with Gasteiger partial charge in [0.25, 0.3) is 0 Å². The van der Waals surface area contributed by atoms with Crippen LogP contribution in [0, 0.1) is 0 Å². The van der Waals surface area contributed by atoms with Crippen LogP contribution in [0.1, 0.15) is 42.4 Å². The van der Waals surface area contributed by atoms with E-state index in [2.05, 4.69) is 28.8 Å². The molecule has 4 nitrogen and oxygen atoms in total. The molecule has 0 saturated carbocycles. The van der Waals surface area contributed by atoms with Crippen LogP contribution in [0.5, 0.6) is 0 Å². The fourth-order valence-electron chi connectivity index (χ4n) is 1.77. The van der Waals surface area contributed by atoms with Crippen LogP contribution in [0.3, 0.4) is 0 Å². The van der Waals surface area contributed by atoms with Crippen molar-refractivity contribution in [2.45, 2.75) is 32.7 Å². The molecule has 0 bridgehead atoms. The summed E-state index contributed by atoms with van der Waals surface area (Å²) in [6.07, 6.45) is 5.50. The summed E-state index contributed by atoms with van der Waals surface area (Å²) in [5.74, 6) is 0. The lowest BCUT2D eigenvalue weighted by Crippen LogP contribution is -2.22. The first-order valence-electron chi connectivity index (χ1n) is 5.93. The van der Waals surface area contributed by atoms with Crippen molar-refractivity contribution in [1.29, 1.82) is 0 Å². The predicted molar refractivity (Wildman–Crippen MR) is 68.1 cm³/mol. The molecule has 2 aromatic heterocycles. The van der Waals surface area contributed by atoms with Crippen LogP contribution < -0.4 is 5.32 Å². The summed E-state index contributed by atoms with van der Waals surface area (Å²) in [4.78, 5) is 1.20. The fraction of sp³-hybridized carbons (Fsp3) is 0.500. The third-order valence-electron chi connectivity index (χ3n) is 2.66. The number of nitrogens with one attached hydrogen (secondary N) is 1. The van der Waals surface area contributed by atoms with Crippen LogP contribution in [0.4, 0.5) is 0 Å². The van der Waals surface area contributed by atoms with Gasteiger partial charge in [-0.15, -0.1) is 5.10 Å². The van der Waals surface area contributed by atoms with Crippen molar-refractivity contribution in [2.24, 2.45) is 0 Å². The molecule has 0 saturated heterocycles. The van der Waals surface area contributed by atoms with Gasteiger partial charge in [-0.3, -0.25) is 0 Å². The van der Waals surface area contributed by atoms with E-state index < -0.39 is 0 Å². The molecule has 2 heterocycles. The van der Waals surface area contributed by atoms with E-state index in [4.69, 9.17) is 4.42 Å². The van der Waals surface area contributed by atoms with Gasteiger partial charge in [-0.05, 0) is 37.0 Å². The zero-order chi connectivity index (χ0) is 12.1. The molecule has 0 amide bonds. The molecule has 0 aliphatic rings. The van der Waals surface area contributed by atoms with Gasteiger partial charge in [0.2, 0.25) is 0 Å². The average molecular weight is 251 g/mol. The van der Waals surface area contributed by atoms with Crippen molar-refractivity contribution in [3.8, 4) is 0 Å². The van der Waals surface area contributed by atoms with Gasteiger partial charge in [0.1, 0.15) is 0 Å². The van der Waals surface area contributed by atoms with Gasteiger partial charge in [-0.1, -0.05) is 18.3 Å². The Morgan fingerprint density at radius 2 is 2.35 bits per heavy atom. The Bertz CT molecular complexity index is 438. The van der Waals surface area contributed by atoms with Crippen molar-refractivity contribution in [2.75, 3.05) is 6.54 Å². The number of furan rings is 1. The summed E-state index contributed by atoms with van der Waals surface area (Å²) in [6.45, 7) is 5.23. The second kappa shape index (κ2) is 5.93. The van der Waals surface area contributed by atoms with Gasteiger partial charge in [-0.2, -0.15) is 0 Å². The number of nitrogens with zero attached hydrogens (tertiary/aromatic N) is 2. The molecule has 1 unspecified atom stereocenters. The number of hydrogen-bond donors (Lipinski definition) is 1. The molecule has 0 fully saturated rings. The molecule has 1 atom stereocenters.